The first kappa shape index (κ1) is 19.9. The van der Waals surface area contributed by atoms with Crippen molar-refractivity contribution in [1.29, 1.82) is 0 Å². The van der Waals surface area contributed by atoms with E-state index in [0.717, 1.165) is 10.5 Å². The first-order valence-electron chi connectivity index (χ1n) is 8.99. The van der Waals surface area contributed by atoms with Gasteiger partial charge in [0.25, 0.3) is 5.91 Å². The molecule has 0 unspecified atom stereocenters. The van der Waals surface area contributed by atoms with Gasteiger partial charge in [-0.15, -0.1) is 0 Å². The first-order valence-corrected chi connectivity index (χ1v) is 10.4. The molecule has 0 aromatic heterocycles. The predicted octanol–water partition coefficient (Wildman–Crippen LogP) is 0.224. The SMILES string of the molecule is CCNC(=O)[C@H](C)[NH+]1CCN(S(=O)(=O)c2ccc(C(C)C)cc2)CC1. The van der Waals surface area contributed by atoms with Gasteiger partial charge in [-0.05, 0) is 37.5 Å². The number of benzene rings is 1. The Kier molecular flexibility index (Phi) is 6.59. The van der Waals surface area contributed by atoms with Crippen LogP contribution in [0.2, 0.25) is 0 Å². The number of hydrogen-bond donors (Lipinski definition) is 2. The number of likely N-dealkylation sites (N-methyl/N-ethyl adjacent to an activating group) is 1. The maximum Gasteiger partial charge on any atom is 0.278 e. The quantitative estimate of drug-likeness (QED) is 0.755. The molecule has 7 heteroatoms. The zero-order chi connectivity index (χ0) is 18.6. The zero-order valence-electron chi connectivity index (χ0n) is 15.6. The summed E-state index contributed by atoms with van der Waals surface area (Å²) in [5.74, 6) is 0.401. The van der Waals surface area contributed by atoms with Crippen LogP contribution < -0.4 is 10.2 Å². The molecule has 0 aliphatic carbocycles. The average Bonchev–Trinajstić information content (AvgIpc) is 2.61. The van der Waals surface area contributed by atoms with E-state index in [1.54, 1.807) is 12.1 Å². The lowest BCUT2D eigenvalue weighted by molar-refractivity contribution is -0.917. The van der Waals surface area contributed by atoms with Crippen LogP contribution in [0.3, 0.4) is 0 Å². The Morgan fingerprint density at radius 3 is 2.20 bits per heavy atom. The highest BCUT2D eigenvalue weighted by molar-refractivity contribution is 7.89. The summed E-state index contributed by atoms with van der Waals surface area (Å²) in [6, 6.07) is 7.00. The maximum atomic E-state index is 12.8. The molecule has 2 rings (SSSR count). The lowest BCUT2D eigenvalue weighted by Crippen LogP contribution is -3.19. The summed E-state index contributed by atoms with van der Waals surface area (Å²) >= 11 is 0. The molecule has 2 N–H and O–H groups in total. The molecule has 1 aromatic carbocycles. The smallest absolute Gasteiger partial charge is 0.278 e. The van der Waals surface area contributed by atoms with Gasteiger partial charge in [-0.25, -0.2) is 8.42 Å². The van der Waals surface area contributed by atoms with Crippen LogP contribution in [0.1, 0.15) is 39.2 Å². The molecular weight excluding hydrogens is 338 g/mol. The van der Waals surface area contributed by atoms with Crippen molar-refractivity contribution in [1.82, 2.24) is 9.62 Å². The molecule has 1 heterocycles. The van der Waals surface area contributed by atoms with Gasteiger partial charge in [-0.1, -0.05) is 26.0 Å². The standard InChI is InChI=1S/C18H29N3O3S/c1-5-19-18(22)15(4)20-10-12-21(13-11-20)25(23,24)17-8-6-16(7-9-17)14(2)3/h6-9,14-15H,5,10-13H2,1-4H3,(H,19,22)/p+1/t15-/m0/s1. The number of rotatable bonds is 6. The third kappa shape index (κ3) is 4.59. The highest BCUT2D eigenvalue weighted by Crippen LogP contribution is 2.20. The molecule has 0 spiro atoms. The summed E-state index contributed by atoms with van der Waals surface area (Å²) in [7, 11) is -3.46. The summed E-state index contributed by atoms with van der Waals surface area (Å²) in [4.78, 5) is 13.4. The van der Waals surface area contributed by atoms with Gasteiger partial charge in [0.05, 0.1) is 31.1 Å². The Morgan fingerprint density at radius 2 is 1.72 bits per heavy atom. The van der Waals surface area contributed by atoms with E-state index in [9.17, 15) is 13.2 Å². The van der Waals surface area contributed by atoms with Crippen molar-refractivity contribution in [3.8, 4) is 0 Å². The second-order valence-electron chi connectivity index (χ2n) is 6.90. The molecule has 6 nitrogen and oxygen atoms in total. The van der Waals surface area contributed by atoms with Gasteiger partial charge in [-0.2, -0.15) is 4.31 Å². The third-order valence-electron chi connectivity index (χ3n) is 4.91. The van der Waals surface area contributed by atoms with E-state index in [-0.39, 0.29) is 11.9 Å². The number of quaternary nitrogens is 1. The van der Waals surface area contributed by atoms with E-state index < -0.39 is 10.0 Å². The highest BCUT2D eigenvalue weighted by Gasteiger charge is 2.34. The van der Waals surface area contributed by atoms with Crippen LogP contribution in [0, 0.1) is 0 Å². The number of hydrogen-bond acceptors (Lipinski definition) is 3. The van der Waals surface area contributed by atoms with Crippen molar-refractivity contribution in [2.45, 2.75) is 44.6 Å². The molecule has 1 amide bonds. The number of piperazine rings is 1. The maximum absolute atomic E-state index is 12.8. The normalized spacial score (nSPS) is 18.3. The Labute approximate surface area is 151 Å². The summed E-state index contributed by atoms with van der Waals surface area (Å²) in [5.41, 5.74) is 1.13. The molecule has 1 fully saturated rings. The van der Waals surface area contributed by atoms with Crippen LogP contribution in [0.25, 0.3) is 0 Å². The Hall–Kier alpha value is -1.44. The van der Waals surface area contributed by atoms with Crippen LogP contribution in [0.4, 0.5) is 0 Å². The number of carbonyl (C=O) groups is 1. The molecule has 1 atom stereocenters. The molecule has 140 valence electrons. The van der Waals surface area contributed by atoms with Crippen LogP contribution in [-0.2, 0) is 14.8 Å². The topological polar surface area (TPSA) is 70.9 Å². The second kappa shape index (κ2) is 8.29. The van der Waals surface area contributed by atoms with Gasteiger partial charge in [0.2, 0.25) is 10.0 Å². The summed E-state index contributed by atoms with van der Waals surface area (Å²) in [5, 5.41) is 2.83. The molecule has 1 aliphatic heterocycles. The van der Waals surface area contributed by atoms with Gasteiger partial charge in [0.15, 0.2) is 6.04 Å². The average molecular weight is 369 g/mol. The van der Waals surface area contributed by atoms with Crippen molar-refractivity contribution in [2.75, 3.05) is 32.7 Å². The fourth-order valence-electron chi connectivity index (χ4n) is 3.13. The third-order valence-corrected chi connectivity index (χ3v) is 6.82. The molecular formula is C18H30N3O3S+. The van der Waals surface area contributed by atoms with E-state index in [4.69, 9.17) is 0 Å². The van der Waals surface area contributed by atoms with Crippen molar-refractivity contribution < 1.29 is 18.1 Å². The van der Waals surface area contributed by atoms with Gasteiger partial charge < -0.3 is 10.2 Å². The Balaban J connectivity index is 2.02. The fraction of sp³-hybridized carbons (Fsp3) is 0.611. The zero-order valence-corrected chi connectivity index (χ0v) is 16.4. The lowest BCUT2D eigenvalue weighted by atomic mass is 10.0. The minimum atomic E-state index is -3.46. The molecule has 1 saturated heterocycles. The monoisotopic (exact) mass is 368 g/mol. The minimum Gasteiger partial charge on any atom is -0.351 e. The molecule has 0 bridgehead atoms. The number of nitrogens with one attached hydrogen (secondary N) is 2. The summed E-state index contributed by atoms with van der Waals surface area (Å²) < 4.78 is 27.2. The summed E-state index contributed by atoms with van der Waals surface area (Å²) in [6.07, 6.45) is 0. The number of amides is 1. The van der Waals surface area contributed by atoms with E-state index >= 15 is 0 Å². The van der Waals surface area contributed by atoms with E-state index in [1.165, 1.54) is 4.31 Å². The van der Waals surface area contributed by atoms with Crippen LogP contribution in [0.5, 0.6) is 0 Å². The molecule has 1 aromatic rings. The Morgan fingerprint density at radius 1 is 1.16 bits per heavy atom. The number of sulfonamides is 1. The molecule has 0 saturated carbocycles. The number of carbonyl (C=O) groups excluding carboxylic acids is 1. The second-order valence-corrected chi connectivity index (χ2v) is 8.84. The lowest BCUT2D eigenvalue weighted by Gasteiger charge is -2.34. The Bertz CT molecular complexity index is 678. The molecule has 25 heavy (non-hydrogen) atoms. The minimum absolute atomic E-state index is 0.0260. The predicted molar refractivity (Wildman–Crippen MR) is 98.1 cm³/mol. The highest BCUT2D eigenvalue weighted by atomic mass is 32.2. The van der Waals surface area contributed by atoms with Gasteiger partial charge in [0.1, 0.15) is 0 Å². The van der Waals surface area contributed by atoms with Crippen LogP contribution in [-0.4, -0.2) is 57.4 Å². The largest absolute Gasteiger partial charge is 0.351 e. The molecule has 0 radical (unpaired) electrons. The van der Waals surface area contributed by atoms with E-state index in [1.807, 2.05) is 26.0 Å². The number of nitrogens with zero attached hydrogens (tertiary/aromatic N) is 1. The van der Waals surface area contributed by atoms with Gasteiger partial charge in [-0.3, -0.25) is 4.79 Å². The van der Waals surface area contributed by atoms with Crippen molar-refractivity contribution >= 4 is 15.9 Å². The molecule has 1 aliphatic rings. The van der Waals surface area contributed by atoms with E-state index in [0.29, 0.717) is 43.5 Å². The first-order chi connectivity index (χ1) is 11.8. The van der Waals surface area contributed by atoms with Crippen molar-refractivity contribution in [2.24, 2.45) is 0 Å². The fourth-order valence-corrected chi connectivity index (χ4v) is 4.57. The van der Waals surface area contributed by atoms with Crippen molar-refractivity contribution in [3.05, 3.63) is 29.8 Å². The van der Waals surface area contributed by atoms with Crippen LogP contribution >= 0.6 is 0 Å². The summed E-state index contributed by atoms with van der Waals surface area (Å²) in [6.45, 7) is 10.7. The van der Waals surface area contributed by atoms with Gasteiger partial charge >= 0.3 is 0 Å². The van der Waals surface area contributed by atoms with Crippen molar-refractivity contribution in [3.63, 3.8) is 0 Å². The van der Waals surface area contributed by atoms with Gasteiger partial charge in [0, 0.05) is 6.54 Å². The van der Waals surface area contributed by atoms with E-state index in [2.05, 4.69) is 19.2 Å². The van der Waals surface area contributed by atoms with Crippen LogP contribution in [0.15, 0.2) is 29.2 Å².